The second kappa shape index (κ2) is 4.72. The third-order valence-electron chi connectivity index (χ3n) is 2.57. The zero-order chi connectivity index (χ0) is 13.1. The van der Waals surface area contributed by atoms with Crippen LogP contribution in [0.15, 0.2) is 30.5 Å². The maximum absolute atomic E-state index is 10.9. The van der Waals surface area contributed by atoms with Crippen molar-refractivity contribution in [3.8, 4) is 12.3 Å². The summed E-state index contributed by atoms with van der Waals surface area (Å²) < 4.78 is 0. The lowest BCUT2D eigenvalue weighted by Gasteiger charge is -2.11. The molecular weight excluding hydrogens is 230 g/mol. The van der Waals surface area contributed by atoms with Gasteiger partial charge in [-0.05, 0) is 25.1 Å². The van der Waals surface area contributed by atoms with Crippen molar-refractivity contribution in [2.24, 2.45) is 0 Å². The molecule has 0 spiro atoms. The molecule has 0 saturated heterocycles. The van der Waals surface area contributed by atoms with Gasteiger partial charge in [0.15, 0.2) is 0 Å². The predicted octanol–water partition coefficient (Wildman–Crippen LogP) is 2.58. The van der Waals surface area contributed by atoms with Gasteiger partial charge in [0.05, 0.1) is 22.0 Å². The minimum Gasteiger partial charge on any atom is -0.370 e. The number of hydrogen-bond donors (Lipinski definition) is 1. The smallest absolute Gasteiger partial charge is 0.278 e. The molecule has 0 aliphatic rings. The van der Waals surface area contributed by atoms with Crippen molar-refractivity contribution in [3.05, 3.63) is 40.6 Å². The van der Waals surface area contributed by atoms with Crippen LogP contribution in [-0.4, -0.2) is 15.9 Å². The summed E-state index contributed by atoms with van der Waals surface area (Å²) in [7, 11) is 0. The molecule has 0 aliphatic heterocycles. The van der Waals surface area contributed by atoms with Crippen molar-refractivity contribution < 1.29 is 4.92 Å². The van der Waals surface area contributed by atoms with E-state index < -0.39 is 4.92 Å². The van der Waals surface area contributed by atoms with Crippen molar-refractivity contribution >= 4 is 22.3 Å². The fraction of sp³-hybridized carbons (Fsp3) is 0.154. The van der Waals surface area contributed by atoms with Crippen LogP contribution in [-0.2, 0) is 0 Å². The molecule has 1 aromatic carbocycles. The highest BCUT2D eigenvalue weighted by atomic mass is 16.6. The van der Waals surface area contributed by atoms with Crippen LogP contribution >= 0.6 is 0 Å². The number of hydrogen-bond acceptors (Lipinski definition) is 4. The summed E-state index contributed by atoms with van der Waals surface area (Å²) in [5.41, 5.74) is 1.28. The quantitative estimate of drug-likeness (QED) is 0.509. The van der Waals surface area contributed by atoms with Crippen LogP contribution in [0, 0.1) is 22.5 Å². The molecule has 0 saturated carbocycles. The van der Waals surface area contributed by atoms with Gasteiger partial charge in [-0.2, -0.15) is 0 Å². The summed E-state index contributed by atoms with van der Waals surface area (Å²) in [6.07, 6.45) is 6.90. The van der Waals surface area contributed by atoms with E-state index in [0.29, 0.717) is 16.6 Å². The highest BCUT2D eigenvalue weighted by molar-refractivity contribution is 5.96. The van der Waals surface area contributed by atoms with E-state index in [0.717, 1.165) is 0 Å². The molecule has 18 heavy (non-hydrogen) atoms. The van der Waals surface area contributed by atoms with Crippen LogP contribution in [0.25, 0.3) is 10.9 Å². The number of nitro groups is 1. The Hall–Kier alpha value is -2.61. The molecule has 1 unspecified atom stereocenters. The molecule has 1 N–H and O–H groups in total. The molecule has 5 nitrogen and oxygen atoms in total. The molecule has 1 aromatic heterocycles. The number of terminal acetylenes is 1. The van der Waals surface area contributed by atoms with Gasteiger partial charge < -0.3 is 5.32 Å². The molecule has 2 rings (SSSR count). The summed E-state index contributed by atoms with van der Waals surface area (Å²) in [6.45, 7) is 1.83. The Balaban J connectivity index is 2.61. The lowest BCUT2D eigenvalue weighted by Crippen LogP contribution is -2.12. The largest absolute Gasteiger partial charge is 0.370 e. The topological polar surface area (TPSA) is 68.1 Å². The van der Waals surface area contributed by atoms with E-state index in [1.165, 1.54) is 6.07 Å². The number of aromatic nitrogens is 1. The third-order valence-corrected chi connectivity index (χ3v) is 2.57. The van der Waals surface area contributed by atoms with E-state index in [-0.39, 0.29) is 11.7 Å². The van der Waals surface area contributed by atoms with E-state index >= 15 is 0 Å². The van der Waals surface area contributed by atoms with Crippen LogP contribution in [0.1, 0.15) is 6.92 Å². The Morgan fingerprint density at radius 2 is 2.28 bits per heavy atom. The number of benzene rings is 1. The van der Waals surface area contributed by atoms with Gasteiger partial charge in [-0.3, -0.25) is 15.1 Å². The van der Waals surface area contributed by atoms with Gasteiger partial charge in [-0.15, -0.1) is 6.42 Å². The van der Waals surface area contributed by atoms with Gasteiger partial charge in [0.1, 0.15) is 5.52 Å². The fourth-order valence-electron chi connectivity index (χ4n) is 1.71. The minimum absolute atomic E-state index is 0.0389. The monoisotopic (exact) mass is 241 g/mol. The molecular formula is C13H11N3O2. The first-order valence-electron chi connectivity index (χ1n) is 5.38. The number of nitrogens with zero attached hydrogens (tertiary/aromatic N) is 2. The molecule has 0 amide bonds. The SMILES string of the molecule is C#CC(C)Nc1ccc([N+](=O)[O-])c2cccnc12. The summed E-state index contributed by atoms with van der Waals surface area (Å²) in [4.78, 5) is 14.7. The molecule has 0 bridgehead atoms. The van der Waals surface area contributed by atoms with Crippen LogP contribution < -0.4 is 5.32 Å². The lowest BCUT2D eigenvalue weighted by atomic mass is 10.1. The fourth-order valence-corrected chi connectivity index (χ4v) is 1.71. The van der Waals surface area contributed by atoms with Crippen LogP contribution in [0.3, 0.4) is 0 Å². The molecule has 90 valence electrons. The van der Waals surface area contributed by atoms with Crippen LogP contribution in [0.4, 0.5) is 11.4 Å². The Morgan fingerprint density at radius 3 is 2.94 bits per heavy atom. The lowest BCUT2D eigenvalue weighted by molar-refractivity contribution is -0.383. The van der Waals surface area contributed by atoms with Gasteiger partial charge >= 0.3 is 0 Å². The van der Waals surface area contributed by atoms with E-state index in [9.17, 15) is 10.1 Å². The van der Waals surface area contributed by atoms with Crippen LogP contribution in [0.2, 0.25) is 0 Å². The highest BCUT2D eigenvalue weighted by Gasteiger charge is 2.15. The number of anilines is 1. The number of fused-ring (bicyclic) bond motifs is 1. The van der Waals surface area contributed by atoms with Crippen molar-refractivity contribution in [1.29, 1.82) is 0 Å². The highest BCUT2D eigenvalue weighted by Crippen LogP contribution is 2.29. The first kappa shape index (κ1) is 11.9. The van der Waals surface area contributed by atoms with Crippen molar-refractivity contribution in [1.82, 2.24) is 4.98 Å². The summed E-state index contributed by atoms with van der Waals surface area (Å²) in [5, 5.41) is 14.5. The van der Waals surface area contributed by atoms with Gasteiger partial charge in [0.2, 0.25) is 0 Å². The van der Waals surface area contributed by atoms with E-state index in [1.807, 2.05) is 6.92 Å². The number of nitro benzene ring substituents is 1. The maximum Gasteiger partial charge on any atom is 0.278 e. The molecule has 2 aromatic rings. The molecule has 1 heterocycles. The van der Waals surface area contributed by atoms with Crippen molar-refractivity contribution in [2.75, 3.05) is 5.32 Å². The molecule has 1 atom stereocenters. The summed E-state index contributed by atoms with van der Waals surface area (Å²) >= 11 is 0. The summed E-state index contributed by atoms with van der Waals surface area (Å²) in [6, 6.07) is 6.25. The molecule has 0 radical (unpaired) electrons. The zero-order valence-corrected chi connectivity index (χ0v) is 9.75. The molecule has 5 heteroatoms. The van der Waals surface area contributed by atoms with Gasteiger partial charge in [-0.1, -0.05) is 5.92 Å². The van der Waals surface area contributed by atoms with Crippen molar-refractivity contribution in [2.45, 2.75) is 13.0 Å². The van der Waals surface area contributed by atoms with E-state index in [2.05, 4.69) is 16.2 Å². The molecule has 0 aliphatic carbocycles. The average molecular weight is 241 g/mol. The Labute approximate surface area is 104 Å². The first-order valence-corrected chi connectivity index (χ1v) is 5.38. The number of pyridine rings is 1. The van der Waals surface area contributed by atoms with Crippen LogP contribution in [0.5, 0.6) is 0 Å². The predicted molar refractivity (Wildman–Crippen MR) is 70.3 cm³/mol. The first-order chi connectivity index (χ1) is 8.63. The second-order valence-electron chi connectivity index (χ2n) is 3.82. The number of rotatable bonds is 3. The Morgan fingerprint density at radius 1 is 1.50 bits per heavy atom. The Kier molecular flexibility index (Phi) is 3.11. The zero-order valence-electron chi connectivity index (χ0n) is 9.75. The minimum atomic E-state index is -0.418. The third kappa shape index (κ3) is 2.09. The van der Waals surface area contributed by atoms with Crippen molar-refractivity contribution in [3.63, 3.8) is 0 Å². The number of non-ortho nitro benzene ring substituents is 1. The van der Waals surface area contributed by atoms with Gasteiger partial charge in [0.25, 0.3) is 5.69 Å². The van der Waals surface area contributed by atoms with Gasteiger partial charge in [-0.25, -0.2) is 0 Å². The second-order valence-corrected chi connectivity index (χ2v) is 3.82. The molecule has 0 fully saturated rings. The summed E-state index contributed by atoms with van der Waals surface area (Å²) in [5.74, 6) is 2.54. The van der Waals surface area contributed by atoms with Gasteiger partial charge in [0, 0.05) is 12.3 Å². The van der Waals surface area contributed by atoms with E-state index in [4.69, 9.17) is 6.42 Å². The average Bonchev–Trinajstić information content (AvgIpc) is 2.38. The number of nitrogens with one attached hydrogen (secondary N) is 1. The maximum atomic E-state index is 10.9. The Bertz CT molecular complexity index is 646. The van der Waals surface area contributed by atoms with E-state index in [1.54, 1.807) is 24.4 Å². The standard InChI is InChI=1S/C13H11N3O2/c1-3-9(2)15-11-6-7-12(16(17)18)10-5-4-8-14-13(10)11/h1,4-9,15H,2H3. The normalized spacial score (nSPS) is 11.8.